The van der Waals surface area contributed by atoms with Gasteiger partial charge in [-0.3, -0.25) is 0 Å². The van der Waals surface area contributed by atoms with Crippen molar-refractivity contribution in [1.29, 1.82) is 0 Å². The highest BCUT2D eigenvalue weighted by Gasteiger charge is 2.42. The van der Waals surface area contributed by atoms with Crippen molar-refractivity contribution < 1.29 is 18.0 Å². The van der Waals surface area contributed by atoms with Gasteiger partial charge in [-0.25, -0.2) is 4.79 Å². The molecular formula is C17H19F3N2O. The lowest BCUT2D eigenvalue weighted by molar-refractivity contribution is -0.136. The van der Waals surface area contributed by atoms with Gasteiger partial charge in [0.15, 0.2) is 0 Å². The summed E-state index contributed by atoms with van der Waals surface area (Å²) in [6, 6.07) is 4.86. The smallest absolute Gasteiger partial charge is 0.318 e. The van der Waals surface area contributed by atoms with Crippen molar-refractivity contribution in [2.75, 3.05) is 5.32 Å². The maximum Gasteiger partial charge on any atom is 0.418 e. The number of halogens is 3. The van der Waals surface area contributed by atoms with Gasteiger partial charge in [0.05, 0.1) is 11.3 Å². The highest BCUT2D eigenvalue weighted by molar-refractivity contribution is 5.91. The van der Waals surface area contributed by atoms with Gasteiger partial charge in [-0.05, 0) is 44.7 Å². The summed E-state index contributed by atoms with van der Waals surface area (Å²) in [5.74, 6) is 0. The van der Waals surface area contributed by atoms with Crippen LogP contribution < -0.4 is 5.32 Å². The first kappa shape index (κ1) is 15.9. The second-order valence-corrected chi connectivity index (χ2v) is 6.12. The van der Waals surface area contributed by atoms with Crippen molar-refractivity contribution in [2.24, 2.45) is 0 Å². The van der Waals surface area contributed by atoms with Crippen molar-refractivity contribution in [1.82, 2.24) is 4.90 Å². The fourth-order valence-corrected chi connectivity index (χ4v) is 3.64. The molecule has 0 aromatic heterocycles. The molecule has 1 aromatic rings. The molecule has 1 aromatic carbocycles. The van der Waals surface area contributed by atoms with Gasteiger partial charge in [0, 0.05) is 12.1 Å². The number of alkyl halides is 3. The van der Waals surface area contributed by atoms with Crippen LogP contribution in [0.25, 0.3) is 0 Å². The summed E-state index contributed by atoms with van der Waals surface area (Å²) in [5.41, 5.74) is 0.338. The third-order valence-corrected chi connectivity index (χ3v) is 4.73. The number of benzene rings is 1. The Morgan fingerprint density at radius 1 is 1.22 bits per heavy atom. The van der Waals surface area contributed by atoms with Crippen LogP contribution >= 0.6 is 0 Å². The Kier molecular flexibility index (Phi) is 4.08. The molecule has 2 aliphatic rings. The number of allylic oxidation sites excluding steroid dienone is 1. The Hall–Kier alpha value is -1.98. The molecule has 2 heterocycles. The maximum absolute atomic E-state index is 13.0. The summed E-state index contributed by atoms with van der Waals surface area (Å²) < 4.78 is 39.1. The molecule has 0 aliphatic carbocycles. The molecule has 3 rings (SSSR count). The van der Waals surface area contributed by atoms with Crippen LogP contribution in [0.4, 0.5) is 23.7 Å². The number of anilines is 1. The zero-order valence-corrected chi connectivity index (χ0v) is 12.9. The number of hydrogen-bond acceptors (Lipinski definition) is 1. The first-order valence-electron chi connectivity index (χ1n) is 7.79. The summed E-state index contributed by atoms with van der Waals surface area (Å²) in [6.45, 7) is 1.99. The zero-order valence-electron chi connectivity index (χ0n) is 12.9. The van der Waals surface area contributed by atoms with Crippen LogP contribution in [0.5, 0.6) is 0 Å². The molecule has 2 saturated heterocycles. The molecule has 6 heteroatoms. The van der Waals surface area contributed by atoms with Gasteiger partial charge >= 0.3 is 12.2 Å². The minimum absolute atomic E-state index is 0.0954. The van der Waals surface area contributed by atoms with Gasteiger partial charge in [-0.15, -0.1) is 0 Å². The van der Waals surface area contributed by atoms with E-state index in [1.165, 1.54) is 23.8 Å². The van der Waals surface area contributed by atoms with E-state index in [9.17, 15) is 18.0 Å². The first-order chi connectivity index (χ1) is 10.9. The normalized spacial score (nSPS) is 23.8. The van der Waals surface area contributed by atoms with Gasteiger partial charge in [0.25, 0.3) is 0 Å². The molecule has 124 valence electrons. The Morgan fingerprint density at radius 3 is 2.39 bits per heavy atom. The SMILES string of the molecule is CC=C1CC2CCC(C1)N2C(=O)Nc1ccccc1C(F)(F)F. The van der Waals surface area contributed by atoms with Crippen LogP contribution in [0, 0.1) is 0 Å². The minimum Gasteiger partial charge on any atom is -0.318 e. The van der Waals surface area contributed by atoms with Gasteiger partial charge in [0.1, 0.15) is 0 Å². The molecule has 2 unspecified atom stereocenters. The largest absolute Gasteiger partial charge is 0.418 e. The average Bonchev–Trinajstić information content (AvgIpc) is 2.77. The number of nitrogens with one attached hydrogen (secondary N) is 1. The monoisotopic (exact) mass is 324 g/mol. The summed E-state index contributed by atoms with van der Waals surface area (Å²) in [5, 5.41) is 2.47. The highest BCUT2D eigenvalue weighted by atomic mass is 19.4. The Morgan fingerprint density at radius 2 is 1.83 bits per heavy atom. The van der Waals surface area contributed by atoms with Crippen LogP contribution in [0.1, 0.15) is 38.2 Å². The lowest BCUT2D eigenvalue weighted by Crippen LogP contribution is -2.47. The second-order valence-electron chi connectivity index (χ2n) is 6.12. The van der Waals surface area contributed by atoms with Crippen LogP contribution in [0.2, 0.25) is 0 Å². The average molecular weight is 324 g/mol. The van der Waals surface area contributed by atoms with Crippen LogP contribution in [0.15, 0.2) is 35.9 Å². The van der Waals surface area contributed by atoms with Crippen molar-refractivity contribution >= 4 is 11.7 Å². The number of rotatable bonds is 1. The van der Waals surface area contributed by atoms with Crippen molar-refractivity contribution in [3.63, 3.8) is 0 Å². The molecule has 0 radical (unpaired) electrons. The molecule has 3 nitrogen and oxygen atoms in total. The van der Waals surface area contributed by atoms with Gasteiger partial charge in [0.2, 0.25) is 0 Å². The molecule has 1 N–H and O–H groups in total. The highest BCUT2D eigenvalue weighted by Crippen LogP contribution is 2.39. The number of piperidine rings is 1. The van der Waals surface area contributed by atoms with Crippen LogP contribution in [-0.2, 0) is 6.18 Å². The molecule has 2 amide bonds. The third-order valence-electron chi connectivity index (χ3n) is 4.73. The number of urea groups is 1. The van der Waals surface area contributed by atoms with Gasteiger partial charge in [-0.1, -0.05) is 23.8 Å². The van der Waals surface area contributed by atoms with E-state index in [-0.39, 0.29) is 17.8 Å². The quantitative estimate of drug-likeness (QED) is 0.739. The van der Waals surface area contributed by atoms with E-state index >= 15 is 0 Å². The fraction of sp³-hybridized carbons (Fsp3) is 0.471. The fourth-order valence-electron chi connectivity index (χ4n) is 3.64. The lowest BCUT2D eigenvalue weighted by Gasteiger charge is -2.36. The van der Waals surface area contributed by atoms with E-state index in [1.807, 2.05) is 6.92 Å². The number of hydrogen-bond donors (Lipinski definition) is 1. The van der Waals surface area contributed by atoms with Gasteiger partial charge in [-0.2, -0.15) is 13.2 Å². The molecule has 0 saturated carbocycles. The molecule has 0 spiro atoms. The Bertz CT molecular complexity index is 623. The molecule has 2 fully saturated rings. The topological polar surface area (TPSA) is 32.3 Å². The van der Waals surface area contributed by atoms with E-state index in [0.29, 0.717) is 0 Å². The predicted octanol–water partition coefficient (Wildman–Crippen LogP) is 4.81. The van der Waals surface area contributed by atoms with Gasteiger partial charge < -0.3 is 10.2 Å². The number of nitrogens with zero attached hydrogens (tertiary/aromatic N) is 1. The summed E-state index contributed by atoms with van der Waals surface area (Å²) in [7, 11) is 0. The lowest BCUT2D eigenvalue weighted by atomic mass is 9.97. The van der Waals surface area contributed by atoms with Crippen molar-refractivity contribution in [3.05, 3.63) is 41.5 Å². The van der Waals surface area contributed by atoms with E-state index in [0.717, 1.165) is 31.7 Å². The second kappa shape index (κ2) is 5.91. The molecular weight excluding hydrogens is 305 g/mol. The third kappa shape index (κ3) is 3.07. The summed E-state index contributed by atoms with van der Waals surface area (Å²) in [6.07, 6.45) is 1.07. The van der Waals surface area contributed by atoms with E-state index in [2.05, 4.69) is 11.4 Å². The standard InChI is InChI=1S/C17H19F3N2O/c1-2-11-9-12-7-8-13(10-11)22(12)16(23)21-15-6-4-3-5-14(15)17(18,19)20/h2-6,12-13H,7-10H2,1H3,(H,21,23). The first-order valence-corrected chi connectivity index (χ1v) is 7.79. The zero-order chi connectivity index (χ0) is 16.6. The number of carbonyl (C=O) groups is 1. The number of carbonyl (C=O) groups excluding carboxylic acids is 1. The maximum atomic E-state index is 13.0. The van der Waals surface area contributed by atoms with Crippen molar-refractivity contribution in [2.45, 2.75) is 50.9 Å². The molecule has 2 aliphatic heterocycles. The van der Waals surface area contributed by atoms with E-state index in [4.69, 9.17) is 0 Å². The number of para-hydroxylation sites is 1. The molecule has 2 atom stereocenters. The van der Waals surface area contributed by atoms with E-state index < -0.39 is 17.8 Å². The Balaban J connectivity index is 1.79. The van der Waals surface area contributed by atoms with Crippen LogP contribution in [-0.4, -0.2) is 23.0 Å². The summed E-state index contributed by atoms with van der Waals surface area (Å²) in [4.78, 5) is 14.3. The predicted molar refractivity (Wildman–Crippen MR) is 82.1 cm³/mol. The van der Waals surface area contributed by atoms with Crippen molar-refractivity contribution in [3.8, 4) is 0 Å². The minimum atomic E-state index is -4.48. The molecule has 23 heavy (non-hydrogen) atoms. The molecule has 2 bridgehead atoms. The van der Waals surface area contributed by atoms with Crippen LogP contribution in [0.3, 0.4) is 0 Å². The number of amides is 2. The number of fused-ring (bicyclic) bond motifs is 2. The summed E-state index contributed by atoms with van der Waals surface area (Å²) >= 11 is 0. The Labute approximate surface area is 133 Å². The van der Waals surface area contributed by atoms with E-state index in [1.54, 1.807) is 4.90 Å².